The highest BCUT2D eigenvalue weighted by Gasteiger charge is 2.33. The molecule has 0 spiro atoms. The van der Waals surface area contributed by atoms with Gasteiger partial charge in [-0.1, -0.05) is 6.92 Å². The fourth-order valence-corrected chi connectivity index (χ4v) is 1.64. The number of hydrogen-bond donors (Lipinski definition) is 2. The van der Waals surface area contributed by atoms with Gasteiger partial charge in [0.2, 0.25) is 0 Å². The molecule has 0 radical (unpaired) electrons. The van der Waals surface area contributed by atoms with E-state index in [2.05, 4.69) is 27.6 Å². The lowest BCUT2D eigenvalue weighted by molar-refractivity contribution is 0.757. The van der Waals surface area contributed by atoms with Crippen LogP contribution in [-0.2, 0) is 13.6 Å². The molecule has 96 valence electrons. The lowest BCUT2D eigenvalue weighted by Gasteiger charge is -2.10. The average molecular weight is 349 g/mol. The number of nitrogens with zero attached hydrogens (tertiary/aromatic N) is 3. The molecule has 0 aliphatic heterocycles. The second-order valence-corrected chi connectivity index (χ2v) is 4.41. The maximum atomic E-state index is 4.19. The Morgan fingerprint density at radius 3 is 2.82 bits per heavy atom. The van der Waals surface area contributed by atoms with Crippen molar-refractivity contribution in [1.82, 2.24) is 20.4 Å². The molecule has 0 aromatic carbocycles. The van der Waals surface area contributed by atoms with E-state index in [1.165, 1.54) is 6.42 Å². The summed E-state index contributed by atoms with van der Waals surface area (Å²) >= 11 is 0. The number of guanidine groups is 1. The molecule has 1 heterocycles. The molecule has 1 aromatic rings. The molecule has 2 atom stereocenters. The van der Waals surface area contributed by atoms with Gasteiger partial charge in [-0.3, -0.25) is 9.67 Å². The predicted octanol–water partition coefficient (Wildman–Crippen LogP) is 1.11. The van der Waals surface area contributed by atoms with Crippen LogP contribution in [0.25, 0.3) is 0 Å². The van der Waals surface area contributed by atoms with Crippen molar-refractivity contribution in [3.63, 3.8) is 0 Å². The van der Waals surface area contributed by atoms with Gasteiger partial charge in [-0.15, -0.1) is 24.0 Å². The normalized spacial score (nSPS) is 22.9. The van der Waals surface area contributed by atoms with E-state index in [0.717, 1.165) is 24.0 Å². The first-order valence-corrected chi connectivity index (χ1v) is 5.63. The van der Waals surface area contributed by atoms with Gasteiger partial charge in [-0.25, -0.2) is 0 Å². The zero-order valence-corrected chi connectivity index (χ0v) is 12.8. The lowest BCUT2D eigenvalue weighted by Crippen LogP contribution is -2.38. The van der Waals surface area contributed by atoms with E-state index in [4.69, 9.17) is 0 Å². The Kier molecular flexibility index (Phi) is 5.23. The summed E-state index contributed by atoms with van der Waals surface area (Å²) in [5.74, 6) is 1.65. The molecule has 0 bridgehead atoms. The summed E-state index contributed by atoms with van der Waals surface area (Å²) in [4.78, 5) is 4.19. The van der Waals surface area contributed by atoms with E-state index >= 15 is 0 Å². The van der Waals surface area contributed by atoms with Gasteiger partial charge >= 0.3 is 0 Å². The van der Waals surface area contributed by atoms with Crippen molar-refractivity contribution >= 4 is 29.9 Å². The third-order valence-corrected chi connectivity index (χ3v) is 2.87. The Balaban J connectivity index is 0.00000144. The summed E-state index contributed by atoms with van der Waals surface area (Å²) in [5, 5.41) is 10.8. The Bertz CT molecular complexity index is 387. The fourth-order valence-electron chi connectivity index (χ4n) is 1.64. The van der Waals surface area contributed by atoms with Crippen LogP contribution in [-0.4, -0.2) is 28.8 Å². The van der Waals surface area contributed by atoms with E-state index in [1.54, 1.807) is 11.7 Å². The van der Waals surface area contributed by atoms with Crippen molar-refractivity contribution in [1.29, 1.82) is 0 Å². The van der Waals surface area contributed by atoms with E-state index in [1.807, 2.05) is 19.4 Å². The van der Waals surface area contributed by atoms with E-state index < -0.39 is 0 Å². The van der Waals surface area contributed by atoms with Gasteiger partial charge in [0, 0.05) is 38.4 Å². The van der Waals surface area contributed by atoms with Gasteiger partial charge in [-0.2, -0.15) is 5.10 Å². The monoisotopic (exact) mass is 349 g/mol. The molecule has 2 N–H and O–H groups in total. The fraction of sp³-hybridized carbons (Fsp3) is 0.636. The predicted molar refractivity (Wildman–Crippen MR) is 79.5 cm³/mol. The quantitative estimate of drug-likeness (QED) is 0.488. The molecule has 2 rings (SSSR count). The third kappa shape index (κ3) is 4.18. The van der Waals surface area contributed by atoms with Crippen molar-refractivity contribution in [2.75, 3.05) is 7.05 Å². The third-order valence-electron chi connectivity index (χ3n) is 2.87. The van der Waals surface area contributed by atoms with E-state index in [-0.39, 0.29) is 24.0 Å². The molecule has 17 heavy (non-hydrogen) atoms. The molecule has 0 saturated heterocycles. The topological polar surface area (TPSA) is 54.2 Å². The molecule has 1 aliphatic carbocycles. The number of hydrogen-bond acceptors (Lipinski definition) is 2. The molecular weight excluding hydrogens is 329 g/mol. The number of halogens is 1. The summed E-state index contributed by atoms with van der Waals surface area (Å²) in [7, 11) is 3.72. The largest absolute Gasteiger partial charge is 0.353 e. The molecule has 0 amide bonds. The number of rotatable bonds is 3. The van der Waals surface area contributed by atoms with Crippen molar-refractivity contribution in [2.24, 2.45) is 18.0 Å². The van der Waals surface area contributed by atoms with E-state index in [9.17, 15) is 0 Å². The van der Waals surface area contributed by atoms with Gasteiger partial charge in [0.25, 0.3) is 0 Å². The molecular formula is C11H20IN5. The number of aromatic nitrogens is 2. The van der Waals surface area contributed by atoms with Crippen LogP contribution in [0.15, 0.2) is 17.4 Å². The highest BCUT2D eigenvalue weighted by atomic mass is 127. The average Bonchev–Trinajstić information content (AvgIpc) is 2.78. The highest BCUT2D eigenvalue weighted by molar-refractivity contribution is 14.0. The van der Waals surface area contributed by atoms with Crippen molar-refractivity contribution in [3.8, 4) is 0 Å². The van der Waals surface area contributed by atoms with Gasteiger partial charge in [0.05, 0.1) is 6.20 Å². The summed E-state index contributed by atoms with van der Waals surface area (Å²) in [5.41, 5.74) is 1.16. The molecule has 1 fully saturated rings. The first-order valence-electron chi connectivity index (χ1n) is 5.63. The SMILES string of the molecule is CN=C(NCc1cnn(C)c1)NC1CC1C.I. The van der Waals surface area contributed by atoms with Crippen LogP contribution in [0.1, 0.15) is 18.9 Å². The number of aryl methyl sites for hydroxylation is 1. The molecule has 1 aliphatic rings. The molecule has 6 heteroatoms. The number of nitrogens with one attached hydrogen (secondary N) is 2. The minimum atomic E-state index is 0. The molecule has 5 nitrogen and oxygen atoms in total. The van der Waals surface area contributed by atoms with Crippen LogP contribution < -0.4 is 10.6 Å². The second-order valence-electron chi connectivity index (χ2n) is 4.41. The number of aliphatic imine (C=N–C) groups is 1. The van der Waals surface area contributed by atoms with Crippen LogP contribution in [0.3, 0.4) is 0 Å². The van der Waals surface area contributed by atoms with Crippen LogP contribution in [0.2, 0.25) is 0 Å². The van der Waals surface area contributed by atoms with Crippen molar-refractivity contribution < 1.29 is 0 Å². The van der Waals surface area contributed by atoms with Gasteiger partial charge in [0.1, 0.15) is 0 Å². The second kappa shape index (κ2) is 6.23. The summed E-state index contributed by atoms with van der Waals surface area (Å²) in [6.45, 7) is 3.00. The van der Waals surface area contributed by atoms with Crippen LogP contribution in [0.4, 0.5) is 0 Å². The Morgan fingerprint density at radius 2 is 2.35 bits per heavy atom. The summed E-state index contributed by atoms with van der Waals surface area (Å²) in [6, 6.07) is 0.597. The molecule has 1 saturated carbocycles. The van der Waals surface area contributed by atoms with E-state index in [0.29, 0.717) is 6.04 Å². The Morgan fingerprint density at radius 1 is 1.65 bits per heavy atom. The van der Waals surface area contributed by atoms with Crippen LogP contribution >= 0.6 is 24.0 Å². The minimum absolute atomic E-state index is 0. The van der Waals surface area contributed by atoms with Crippen molar-refractivity contribution in [3.05, 3.63) is 18.0 Å². The maximum Gasteiger partial charge on any atom is 0.191 e. The van der Waals surface area contributed by atoms with Crippen molar-refractivity contribution in [2.45, 2.75) is 25.9 Å². The lowest BCUT2D eigenvalue weighted by atomic mass is 10.4. The molecule has 2 unspecified atom stereocenters. The molecule has 1 aromatic heterocycles. The Labute approximate surface area is 119 Å². The summed E-state index contributed by atoms with van der Waals surface area (Å²) < 4.78 is 1.80. The highest BCUT2D eigenvalue weighted by Crippen LogP contribution is 2.28. The zero-order chi connectivity index (χ0) is 11.5. The van der Waals surface area contributed by atoms with Crippen LogP contribution in [0.5, 0.6) is 0 Å². The zero-order valence-electron chi connectivity index (χ0n) is 10.5. The maximum absolute atomic E-state index is 4.19. The van der Waals surface area contributed by atoms with Gasteiger partial charge in [-0.05, 0) is 12.3 Å². The Hall–Kier alpha value is -0.790. The first kappa shape index (κ1) is 14.3. The smallest absolute Gasteiger partial charge is 0.191 e. The standard InChI is InChI=1S/C11H19N5.HI/c1-8-4-10(8)15-11(12-2)13-5-9-6-14-16(3)7-9;/h6-8,10H,4-5H2,1-3H3,(H2,12,13,15);1H. The summed E-state index contributed by atoms with van der Waals surface area (Å²) in [6.07, 6.45) is 5.10. The van der Waals surface area contributed by atoms with Crippen LogP contribution in [0, 0.1) is 5.92 Å². The minimum Gasteiger partial charge on any atom is -0.353 e. The first-order chi connectivity index (χ1) is 7.69. The van der Waals surface area contributed by atoms with Gasteiger partial charge < -0.3 is 10.6 Å². The van der Waals surface area contributed by atoms with Gasteiger partial charge in [0.15, 0.2) is 5.96 Å².